The number of amides is 2. The predicted octanol–water partition coefficient (Wildman–Crippen LogP) is 7.10. The zero-order chi connectivity index (χ0) is 32.7. The summed E-state index contributed by atoms with van der Waals surface area (Å²) >= 11 is 4.25. The molecule has 0 radical (unpaired) electrons. The maximum absolute atomic E-state index is 11.7. The molecule has 2 amide bonds. The quantitative estimate of drug-likeness (QED) is 0.0806. The van der Waals surface area contributed by atoms with E-state index in [2.05, 4.69) is 81.8 Å². The number of hydrogen-bond acceptors (Lipinski definition) is 6. The first-order valence-corrected chi connectivity index (χ1v) is 15.5. The molecule has 5 N–H and O–H groups in total. The van der Waals surface area contributed by atoms with Crippen LogP contribution in [-0.2, 0) is 20.1 Å². The molecular formula is C33H63N3O4S. The van der Waals surface area contributed by atoms with Crippen LogP contribution >= 0.6 is 12.6 Å². The molecule has 0 heterocycles. The predicted molar refractivity (Wildman–Crippen MR) is 182 cm³/mol. The molecule has 0 aromatic heterocycles. The maximum atomic E-state index is 11.7. The second-order valence-corrected chi connectivity index (χ2v) is 8.88. The van der Waals surface area contributed by atoms with E-state index < -0.39 is 0 Å². The number of benzene rings is 1. The highest BCUT2D eigenvalue weighted by Gasteiger charge is 2.08. The summed E-state index contributed by atoms with van der Waals surface area (Å²) in [6.07, 6.45) is 13.5. The van der Waals surface area contributed by atoms with Crippen molar-refractivity contribution in [2.24, 2.45) is 5.73 Å². The zero-order valence-electron chi connectivity index (χ0n) is 27.4. The summed E-state index contributed by atoms with van der Waals surface area (Å²) in [5.41, 5.74) is 8.97. The average Bonchev–Trinajstić information content (AvgIpc) is 3.86. The fourth-order valence-corrected chi connectivity index (χ4v) is 2.59. The Balaban J connectivity index is -0.000000166. The van der Waals surface area contributed by atoms with Crippen LogP contribution in [-0.4, -0.2) is 43.9 Å². The summed E-state index contributed by atoms with van der Waals surface area (Å²) in [5.74, 6) is 1.30. The molecule has 1 aromatic rings. The lowest BCUT2D eigenvalue weighted by atomic mass is 10.00. The van der Waals surface area contributed by atoms with Gasteiger partial charge in [0.15, 0.2) is 0 Å². The topological polar surface area (TPSA) is 122 Å². The lowest BCUT2D eigenvalue weighted by molar-refractivity contribution is -0.121. The molecule has 41 heavy (non-hydrogen) atoms. The molecule has 1 atom stereocenters. The van der Waals surface area contributed by atoms with Crippen molar-refractivity contribution in [3.63, 3.8) is 0 Å². The van der Waals surface area contributed by atoms with E-state index in [1.54, 1.807) is 13.2 Å². The monoisotopic (exact) mass is 597 g/mol. The van der Waals surface area contributed by atoms with Gasteiger partial charge in [-0.2, -0.15) is 12.6 Å². The molecule has 240 valence electrons. The highest BCUT2D eigenvalue weighted by Crippen LogP contribution is 2.25. The molecule has 8 heteroatoms. The number of carbonyl (C=O) groups is 3. The minimum atomic E-state index is 0.0833. The van der Waals surface area contributed by atoms with Crippen molar-refractivity contribution in [3.8, 4) is 0 Å². The van der Waals surface area contributed by atoms with Crippen LogP contribution < -0.4 is 16.4 Å². The van der Waals surface area contributed by atoms with Crippen molar-refractivity contribution < 1.29 is 19.5 Å². The first-order chi connectivity index (χ1) is 19.8. The van der Waals surface area contributed by atoms with Crippen molar-refractivity contribution in [2.75, 3.05) is 20.2 Å². The number of aldehydes is 1. The number of unbranched alkanes of at least 4 members (excludes halogenated alkanes) is 3. The highest BCUT2D eigenvalue weighted by atomic mass is 32.1. The molecule has 1 unspecified atom stereocenters. The molecule has 0 spiro atoms. The number of nitrogens with one attached hydrogen (secondary N) is 2. The van der Waals surface area contributed by atoms with E-state index in [1.807, 2.05) is 13.8 Å². The van der Waals surface area contributed by atoms with Gasteiger partial charge in [-0.15, -0.1) is 6.58 Å². The number of aliphatic hydroxyl groups is 1. The number of nitrogens with two attached hydrogens (primary N) is 1. The first kappa shape index (κ1) is 48.2. The van der Waals surface area contributed by atoms with E-state index in [0.29, 0.717) is 25.3 Å². The number of hydrogen-bond donors (Lipinski definition) is 5. The van der Waals surface area contributed by atoms with Crippen LogP contribution in [0.3, 0.4) is 0 Å². The molecule has 2 rings (SSSR count). The molecule has 0 saturated heterocycles. The fraction of sp³-hybridized carbons (Fsp3) is 0.606. The Labute approximate surface area is 258 Å². The normalized spacial score (nSPS) is 10.2. The van der Waals surface area contributed by atoms with Gasteiger partial charge in [-0.05, 0) is 49.4 Å². The van der Waals surface area contributed by atoms with Crippen LogP contribution in [0.2, 0.25) is 0 Å². The van der Waals surface area contributed by atoms with E-state index in [9.17, 15) is 4.79 Å². The standard InChI is InChI=1S/C17H27NOS.C4H7N.C3H6O.C3H8.C2H5NO.C2H4O.C2H6/c1-3-4-5-6-7-17(19)18-12-14(2)16-10-8-15(13-20)9-11-16;5-3-4-1-2-4;1-2-3-4;1-3-2;1-3-2-4;1-2-3;1-2/h8-11,14,20H,3-7,12-13H2,1-2H3,(H,18,19);3H,1-2,5H2;2,4H,1,3H2;3H2,1-2H3;2H,1H3,(H,3,4);2H,1H3;1-2H3. The van der Waals surface area contributed by atoms with Crippen LogP contribution in [0.1, 0.15) is 117 Å². The largest absolute Gasteiger partial charge is 0.405 e. The Morgan fingerprint density at radius 1 is 1.10 bits per heavy atom. The fourth-order valence-electron chi connectivity index (χ4n) is 2.38. The third-order valence-corrected chi connectivity index (χ3v) is 4.98. The van der Waals surface area contributed by atoms with E-state index in [-0.39, 0.29) is 12.5 Å². The van der Waals surface area contributed by atoms with Gasteiger partial charge in [-0.3, -0.25) is 9.59 Å². The summed E-state index contributed by atoms with van der Waals surface area (Å²) in [5, 5.41) is 13.0. The lowest BCUT2D eigenvalue weighted by Crippen LogP contribution is -2.27. The minimum absolute atomic E-state index is 0.0833. The van der Waals surface area contributed by atoms with Crippen LogP contribution in [0.25, 0.3) is 0 Å². The number of aliphatic hydroxyl groups excluding tert-OH is 1. The third-order valence-electron chi connectivity index (χ3n) is 4.62. The molecule has 1 aliphatic rings. The Morgan fingerprint density at radius 2 is 1.56 bits per heavy atom. The molecule has 0 aliphatic heterocycles. The SMILES string of the molecule is C=CCO.CC.CC=O.CCC.CCCCCCC(=O)NCC(C)c1ccc(CS)cc1.CNC=O.NC=C1CC1. The Bertz CT molecular complexity index is 697. The number of allylic oxidation sites excluding steroid dienone is 1. The van der Waals surface area contributed by atoms with E-state index >= 15 is 0 Å². The Hall–Kier alpha value is -2.58. The van der Waals surface area contributed by atoms with E-state index in [0.717, 1.165) is 24.9 Å². The Morgan fingerprint density at radius 3 is 1.85 bits per heavy atom. The number of rotatable bonds is 11. The molecule has 1 saturated carbocycles. The van der Waals surface area contributed by atoms with Gasteiger partial charge < -0.3 is 26.3 Å². The van der Waals surface area contributed by atoms with Gasteiger partial charge in [0.2, 0.25) is 12.3 Å². The summed E-state index contributed by atoms with van der Waals surface area (Å²) < 4.78 is 0. The van der Waals surface area contributed by atoms with Crippen LogP contribution in [0, 0.1) is 0 Å². The second kappa shape index (κ2) is 44.4. The van der Waals surface area contributed by atoms with Crippen molar-refractivity contribution in [1.82, 2.24) is 10.6 Å². The highest BCUT2D eigenvalue weighted by molar-refractivity contribution is 7.79. The van der Waals surface area contributed by atoms with E-state index in [4.69, 9.17) is 20.4 Å². The van der Waals surface area contributed by atoms with Gasteiger partial charge in [0.1, 0.15) is 6.29 Å². The summed E-state index contributed by atoms with van der Waals surface area (Å²) in [7, 11) is 1.56. The number of carbonyl (C=O) groups excluding carboxylic acids is 3. The zero-order valence-corrected chi connectivity index (χ0v) is 28.3. The summed E-state index contributed by atoms with van der Waals surface area (Å²) in [6, 6.07) is 8.46. The first-order valence-electron chi connectivity index (χ1n) is 14.8. The smallest absolute Gasteiger partial charge is 0.220 e. The molecule has 1 aromatic carbocycles. The third kappa shape index (κ3) is 47.6. The lowest BCUT2D eigenvalue weighted by Gasteiger charge is -2.13. The van der Waals surface area contributed by atoms with Crippen molar-refractivity contribution in [1.29, 1.82) is 0 Å². The molecule has 0 bridgehead atoms. The molecular weight excluding hydrogens is 534 g/mol. The Kier molecular flexibility index (Phi) is 52.2. The molecule has 1 aliphatic carbocycles. The summed E-state index contributed by atoms with van der Waals surface area (Å²) in [4.78, 5) is 29.6. The molecule has 7 nitrogen and oxygen atoms in total. The van der Waals surface area contributed by atoms with Gasteiger partial charge in [-0.25, -0.2) is 0 Å². The van der Waals surface area contributed by atoms with Crippen LogP contribution in [0.5, 0.6) is 0 Å². The van der Waals surface area contributed by atoms with Gasteiger partial charge in [0.05, 0.1) is 6.61 Å². The van der Waals surface area contributed by atoms with Crippen molar-refractivity contribution >= 4 is 31.2 Å². The van der Waals surface area contributed by atoms with Crippen molar-refractivity contribution in [2.45, 2.75) is 112 Å². The van der Waals surface area contributed by atoms with E-state index in [1.165, 1.54) is 61.8 Å². The van der Waals surface area contributed by atoms with Crippen molar-refractivity contribution in [3.05, 3.63) is 59.8 Å². The van der Waals surface area contributed by atoms with Crippen LogP contribution in [0.15, 0.2) is 48.7 Å². The van der Waals surface area contributed by atoms with Gasteiger partial charge in [0.25, 0.3) is 0 Å². The summed E-state index contributed by atoms with van der Waals surface area (Å²) in [6.45, 7) is 18.0. The van der Waals surface area contributed by atoms with Gasteiger partial charge in [0, 0.05) is 25.8 Å². The number of thiol groups is 1. The second-order valence-electron chi connectivity index (χ2n) is 8.56. The maximum Gasteiger partial charge on any atom is 0.220 e. The van der Waals surface area contributed by atoms with Gasteiger partial charge >= 0.3 is 0 Å². The molecule has 1 fully saturated rings. The average molecular weight is 598 g/mol. The van der Waals surface area contributed by atoms with Crippen LogP contribution in [0.4, 0.5) is 0 Å². The van der Waals surface area contributed by atoms with Gasteiger partial charge in [-0.1, -0.05) is 103 Å². The minimum Gasteiger partial charge on any atom is -0.405 e.